The minimum atomic E-state index is -0.655. The third-order valence-corrected chi connectivity index (χ3v) is 3.17. The zero-order valence-corrected chi connectivity index (χ0v) is 10.9. The van der Waals surface area contributed by atoms with Gasteiger partial charge in [0.2, 0.25) is 0 Å². The van der Waals surface area contributed by atoms with Gasteiger partial charge in [-0.2, -0.15) is 5.10 Å². The molecule has 0 bridgehead atoms. The van der Waals surface area contributed by atoms with Crippen LogP contribution < -0.4 is 11.4 Å². The van der Waals surface area contributed by atoms with Gasteiger partial charge in [-0.3, -0.25) is 9.25 Å². The van der Waals surface area contributed by atoms with Crippen LogP contribution in [0, 0.1) is 0 Å². The molecule has 0 saturated heterocycles. The second kappa shape index (κ2) is 4.80. The normalized spacial score (nSPS) is 11.1. The Morgan fingerprint density at radius 2 is 2.05 bits per heavy atom. The van der Waals surface area contributed by atoms with Crippen LogP contribution in [0.4, 0.5) is 0 Å². The fraction of sp³-hybridized carbons (Fsp3) is 0.214. The second-order valence-corrected chi connectivity index (χ2v) is 4.46. The zero-order chi connectivity index (χ0) is 14.1. The van der Waals surface area contributed by atoms with Crippen molar-refractivity contribution in [3.8, 4) is 0 Å². The van der Waals surface area contributed by atoms with Crippen LogP contribution in [0.5, 0.6) is 0 Å². The average molecular weight is 271 g/mol. The summed E-state index contributed by atoms with van der Waals surface area (Å²) in [5.74, 6) is -0.655. The lowest BCUT2D eigenvalue weighted by Crippen LogP contribution is -2.25. The number of aromatic nitrogens is 3. The van der Waals surface area contributed by atoms with Crippen molar-refractivity contribution in [2.24, 2.45) is 0 Å². The zero-order valence-electron chi connectivity index (χ0n) is 10.9. The van der Waals surface area contributed by atoms with E-state index in [1.54, 1.807) is 35.1 Å². The molecular formula is C14H13N3O3. The summed E-state index contributed by atoms with van der Waals surface area (Å²) < 4.78 is 7.97. The van der Waals surface area contributed by atoms with Crippen LogP contribution in [0.3, 0.4) is 0 Å². The smallest absolute Gasteiger partial charge is 0.372 e. The van der Waals surface area contributed by atoms with E-state index >= 15 is 0 Å². The quantitative estimate of drug-likeness (QED) is 0.718. The van der Waals surface area contributed by atoms with Crippen LogP contribution in [0.2, 0.25) is 0 Å². The molecule has 0 N–H and O–H groups in total. The minimum absolute atomic E-state index is 0.323. The largest absolute Gasteiger partial charge is 0.422 e. The second-order valence-electron chi connectivity index (χ2n) is 4.46. The van der Waals surface area contributed by atoms with Gasteiger partial charge in [0.25, 0.3) is 0 Å². The Morgan fingerprint density at radius 3 is 2.80 bits per heavy atom. The molecule has 0 aliphatic rings. The van der Waals surface area contributed by atoms with Gasteiger partial charge in [0.05, 0.1) is 23.6 Å². The highest BCUT2D eigenvalue weighted by atomic mass is 16.4. The van der Waals surface area contributed by atoms with E-state index in [1.165, 1.54) is 4.57 Å². The molecule has 0 aliphatic carbocycles. The van der Waals surface area contributed by atoms with Crippen LogP contribution in [-0.2, 0) is 13.1 Å². The highest BCUT2D eigenvalue weighted by Crippen LogP contribution is 2.09. The Morgan fingerprint density at radius 1 is 1.25 bits per heavy atom. The number of nitrogens with zero attached hydrogens (tertiary/aromatic N) is 3. The lowest BCUT2D eigenvalue weighted by atomic mass is 10.2. The molecule has 0 fully saturated rings. The van der Waals surface area contributed by atoms with Gasteiger partial charge in [0.15, 0.2) is 0 Å². The summed E-state index contributed by atoms with van der Waals surface area (Å²) >= 11 is 0. The number of para-hydroxylation sites is 1. The van der Waals surface area contributed by atoms with Crippen molar-refractivity contribution >= 4 is 10.9 Å². The van der Waals surface area contributed by atoms with Crippen LogP contribution in [0.15, 0.2) is 50.7 Å². The number of hydrogen-bond donors (Lipinski definition) is 0. The Bertz CT molecular complexity index is 873. The van der Waals surface area contributed by atoms with Crippen molar-refractivity contribution in [1.29, 1.82) is 0 Å². The Balaban J connectivity index is 2.16. The highest BCUT2D eigenvalue weighted by molar-refractivity contribution is 5.77. The fourth-order valence-corrected chi connectivity index (χ4v) is 2.16. The minimum Gasteiger partial charge on any atom is -0.372 e. The van der Waals surface area contributed by atoms with E-state index in [0.29, 0.717) is 17.4 Å². The van der Waals surface area contributed by atoms with Gasteiger partial charge in [-0.05, 0) is 19.1 Å². The van der Waals surface area contributed by atoms with Crippen LogP contribution in [0.1, 0.15) is 12.5 Å². The van der Waals surface area contributed by atoms with Crippen molar-refractivity contribution in [3.05, 3.63) is 63.2 Å². The molecule has 0 unspecified atom stereocenters. The molecule has 3 rings (SSSR count). The van der Waals surface area contributed by atoms with Crippen LogP contribution in [-0.4, -0.2) is 14.3 Å². The van der Waals surface area contributed by atoms with Crippen molar-refractivity contribution in [3.63, 3.8) is 0 Å². The van der Waals surface area contributed by atoms with Gasteiger partial charge < -0.3 is 4.42 Å². The third-order valence-electron chi connectivity index (χ3n) is 3.17. The molecule has 102 valence electrons. The number of rotatable bonds is 3. The van der Waals surface area contributed by atoms with Crippen molar-refractivity contribution in [2.45, 2.75) is 20.0 Å². The van der Waals surface area contributed by atoms with Crippen molar-refractivity contribution in [1.82, 2.24) is 14.3 Å². The summed E-state index contributed by atoms with van der Waals surface area (Å²) in [7, 11) is 0. The molecule has 0 atom stereocenters. The van der Waals surface area contributed by atoms with Gasteiger partial charge in [0, 0.05) is 18.3 Å². The molecule has 0 spiro atoms. The Kier molecular flexibility index (Phi) is 2.98. The first-order valence-electron chi connectivity index (χ1n) is 6.33. The number of benzene rings is 1. The molecule has 0 radical (unpaired) electrons. The summed E-state index contributed by atoms with van der Waals surface area (Å²) in [5.41, 5.74) is 0.844. The number of aryl methyl sites for hydroxylation is 1. The maximum Gasteiger partial charge on any atom is 0.422 e. The summed E-state index contributed by atoms with van der Waals surface area (Å²) in [5, 5.41) is 4.57. The fourth-order valence-electron chi connectivity index (χ4n) is 2.16. The molecule has 0 aliphatic heterocycles. The van der Waals surface area contributed by atoms with Gasteiger partial charge >= 0.3 is 11.4 Å². The highest BCUT2D eigenvalue weighted by Gasteiger charge is 2.10. The summed E-state index contributed by atoms with van der Waals surface area (Å²) in [6, 6.07) is 6.90. The third kappa shape index (κ3) is 2.05. The van der Waals surface area contributed by atoms with Gasteiger partial charge in [-0.15, -0.1) is 0 Å². The van der Waals surface area contributed by atoms with Crippen molar-refractivity contribution < 1.29 is 4.42 Å². The average Bonchev–Trinajstić information content (AvgIpc) is 2.91. The predicted octanol–water partition coefficient (Wildman–Crippen LogP) is 1.22. The van der Waals surface area contributed by atoms with E-state index < -0.39 is 11.4 Å². The summed E-state index contributed by atoms with van der Waals surface area (Å²) in [6.07, 6.45) is 3.57. The number of hydrogen-bond acceptors (Lipinski definition) is 4. The molecule has 20 heavy (non-hydrogen) atoms. The molecule has 3 aromatic rings. The van der Waals surface area contributed by atoms with Crippen LogP contribution >= 0.6 is 0 Å². The predicted molar refractivity (Wildman–Crippen MR) is 73.7 cm³/mol. The SMILES string of the molecule is CCn1cc(Cn2c(=O)oc(=O)c3ccccc32)cn1. The molecule has 2 heterocycles. The molecule has 6 nitrogen and oxygen atoms in total. The lowest BCUT2D eigenvalue weighted by Gasteiger charge is -2.06. The van der Waals surface area contributed by atoms with E-state index in [1.807, 2.05) is 13.1 Å². The topological polar surface area (TPSA) is 70.0 Å². The van der Waals surface area contributed by atoms with E-state index in [0.717, 1.165) is 12.1 Å². The first-order valence-corrected chi connectivity index (χ1v) is 6.33. The summed E-state index contributed by atoms with van der Waals surface area (Å²) in [6.45, 7) is 3.07. The Hall–Kier alpha value is -2.63. The molecule has 0 amide bonds. The maximum atomic E-state index is 11.9. The standard InChI is InChI=1S/C14H13N3O3/c1-2-16-8-10(7-15-16)9-17-12-6-4-3-5-11(12)13(18)20-14(17)19/h3-8H,2,9H2,1H3. The first-order chi connectivity index (χ1) is 9.69. The monoisotopic (exact) mass is 271 g/mol. The molecule has 6 heteroatoms. The lowest BCUT2D eigenvalue weighted by molar-refractivity contribution is 0.425. The first kappa shape index (κ1) is 12.4. The van der Waals surface area contributed by atoms with E-state index in [9.17, 15) is 9.59 Å². The Labute approximate surface area is 113 Å². The van der Waals surface area contributed by atoms with Crippen LogP contribution in [0.25, 0.3) is 10.9 Å². The van der Waals surface area contributed by atoms with Crippen molar-refractivity contribution in [2.75, 3.05) is 0 Å². The molecule has 1 aromatic carbocycles. The van der Waals surface area contributed by atoms with Gasteiger partial charge in [-0.1, -0.05) is 12.1 Å². The van der Waals surface area contributed by atoms with Gasteiger partial charge in [0.1, 0.15) is 0 Å². The maximum absolute atomic E-state index is 11.9. The van der Waals surface area contributed by atoms with E-state index in [4.69, 9.17) is 4.42 Å². The molecule has 2 aromatic heterocycles. The molecule has 0 saturated carbocycles. The number of fused-ring (bicyclic) bond motifs is 1. The van der Waals surface area contributed by atoms with E-state index in [2.05, 4.69) is 5.10 Å². The molecular weight excluding hydrogens is 258 g/mol. The summed E-state index contributed by atoms with van der Waals surface area (Å²) in [4.78, 5) is 23.6. The van der Waals surface area contributed by atoms with E-state index in [-0.39, 0.29) is 0 Å². The van der Waals surface area contributed by atoms with Gasteiger partial charge in [-0.25, -0.2) is 9.59 Å².